The first-order valence-electron chi connectivity index (χ1n) is 9.06. The average Bonchev–Trinajstić information content (AvgIpc) is 3.01. The lowest BCUT2D eigenvalue weighted by atomic mass is 9.82. The van der Waals surface area contributed by atoms with Crippen molar-refractivity contribution in [2.75, 3.05) is 6.54 Å². The van der Waals surface area contributed by atoms with E-state index in [0.29, 0.717) is 21.7 Å². The normalized spacial score (nSPS) is 15.3. The lowest BCUT2D eigenvalue weighted by Gasteiger charge is -2.28. The summed E-state index contributed by atoms with van der Waals surface area (Å²) in [5.74, 6) is -0.829. The van der Waals surface area contributed by atoms with E-state index in [1.54, 1.807) is 72.8 Å². The zero-order valence-corrected chi connectivity index (χ0v) is 16.1. The minimum Gasteiger partial charge on any atom is -0.315 e. The van der Waals surface area contributed by atoms with Crippen molar-refractivity contribution < 1.29 is 14.4 Å². The maximum atomic E-state index is 13.5. The van der Waals surface area contributed by atoms with Crippen LogP contribution in [0.2, 0.25) is 5.02 Å². The fourth-order valence-corrected chi connectivity index (χ4v) is 3.65. The molecule has 0 saturated carbocycles. The number of nitrogens with zero attached hydrogens (tertiary/aromatic N) is 1. The van der Waals surface area contributed by atoms with Gasteiger partial charge in [-0.3, -0.25) is 14.5 Å². The molecule has 3 aromatic rings. The van der Waals surface area contributed by atoms with Gasteiger partial charge < -0.3 is 5.32 Å². The van der Waals surface area contributed by atoms with Crippen molar-refractivity contribution in [3.05, 3.63) is 107 Å². The number of ketones is 1. The van der Waals surface area contributed by atoms with Crippen molar-refractivity contribution in [1.82, 2.24) is 10.2 Å². The molecule has 0 aromatic heterocycles. The van der Waals surface area contributed by atoms with Gasteiger partial charge >= 0.3 is 6.03 Å². The molecule has 0 aliphatic carbocycles. The van der Waals surface area contributed by atoms with Gasteiger partial charge in [0.1, 0.15) is 0 Å². The van der Waals surface area contributed by atoms with E-state index in [2.05, 4.69) is 5.32 Å². The van der Waals surface area contributed by atoms with E-state index in [1.165, 1.54) is 0 Å². The van der Waals surface area contributed by atoms with Crippen LogP contribution in [0.3, 0.4) is 0 Å². The highest BCUT2D eigenvalue weighted by Crippen LogP contribution is 2.36. The molecule has 1 saturated heterocycles. The summed E-state index contributed by atoms with van der Waals surface area (Å²) in [6, 6.07) is 23.8. The Balaban J connectivity index is 1.72. The molecule has 0 atom stereocenters. The topological polar surface area (TPSA) is 66.5 Å². The molecule has 4 rings (SSSR count). The number of hydrogen-bond acceptors (Lipinski definition) is 3. The number of amides is 3. The lowest BCUT2D eigenvalue weighted by molar-refractivity contribution is -0.129. The molecule has 3 aromatic carbocycles. The molecule has 1 aliphatic heterocycles. The summed E-state index contributed by atoms with van der Waals surface area (Å²) < 4.78 is 0. The zero-order chi connectivity index (χ0) is 20.4. The maximum Gasteiger partial charge on any atom is 0.325 e. The van der Waals surface area contributed by atoms with E-state index >= 15 is 0 Å². The molecule has 29 heavy (non-hydrogen) atoms. The van der Waals surface area contributed by atoms with Crippen LogP contribution in [0.25, 0.3) is 0 Å². The van der Waals surface area contributed by atoms with Crippen molar-refractivity contribution in [2.24, 2.45) is 0 Å². The highest BCUT2D eigenvalue weighted by atomic mass is 35.5. The Morgan fingerprint density at radius 1 is 0.828 bits per heavy atom. The summed E-state index contributed by atoms with van der Waals surface area (Å²) in [6.07, 6.45) is 0. The summed E-state index contributed by atoms with van der Waals surface area (Å²) in [4.78, 5) is 40.0. The molecular formula is C23H17ClN2O3. The van der Waals surface area contributed by atoms with E-state index in [9.17, 15) is 14.4 Å². The van der Waals surface area contributed by atoms with Crippen molar-refractivity contribution in [1.29, 1.82) is 0 Å². The number of nitrogens with one attached hydrogen (secondary N) is 1. The van der Waals surface area contributed by atoms with Crippen LogP contribution >= 0.6 is 11.6 Å². The molecule has 0 spiro atoms. The third-order valence-corrected chi connectivity index (χ3v) is 5.24. The van der Waals surface area contributed by atoms with Crippen molar-refractivity contribution in [3.8, 4) is 0 Å². The second kappa shape index (κ2) is 7.53. The number of carbonyl (C=O) groups is 3. The Kier molecular flexibility index (Phi) is 4.91. The van der Waals surface area contributed by atoms with Crippen LogP contribution in [-0.2, 0) is 10.3 Å². The van der Waals surface area contributed by atoms with Gasteiger partial charge in [-0.1, -0.05) is 72.3 Å². The van der Waals surface area contributed by atoms with Gasteiger partial charge in [0.2, 0.25) is 0 Å². The lowest BCUT2D eigenvalue weighted by Crippen LogP contribution is -2.45. The first-order valence-corrected chi connectivity index (χ1v) is 9.44. The number of imide groups is 1. The van der Waals surface area contributed by atoms with Gasteiger partial charge in [0.05, 0.1) is 6.54 Å². The average molecular weight is 405 g/mol. The third-order valence-electron chi connectivity index (χ3n) is 4.99. The molecule has 1 N–H and O–H groups in total. The highest BCUT2D eigenvalue weighted by molar-refractivity contribution is 6.30. The molecule has 3 amide bonds. The number of rotatable bonds is 5. The maximum absolute atomic E-state index is 13.5. The van der Waals surface area contributed by atoms with E-state index in [-0.39, 0.29) is 12.3 Å². The largest absolute Gasteiger partial charge is 0.325 e. The molecule has 0 unspecified atom stereocenters. The predicted octanol–water partition coefficient (Wildman–Crippen LogP) is 4.02. The van der Waals surface area contributed by atoms with Gasteiger partial charge in [-0.05, 0) is 35.4 Å². The second-order valence-electron chi connectivity index (χ2n) is 6.73. The molecule has 0 radical (unpaired) electrons. The van der Waals surface area contributed by atoms with Gasteiger partial charge in [0, 0.05) is 10.6 Å². The van der Waals surface area contributed by atoms with E-state index in [1.807, 2.05) is 12.1 Å². The van der Waals surface area contributed by atoms with Gasteiger partial charge in [-0.25, -0.2) is 4.79 Å². The molecule has 0 bridgehead atoms. The van der Waals surface area contributed by atoms with Gasteiger partial charge in [-0.15, -0.1) is 0 Å². The Morgan fingerprint density at radius 3 is 1.86 bits per heavy atom. The Hall–Kier alpha value is -3.44. The summed E-state index contributed by atoms with van der Waals surface area (Å²) in [5.41, 5.74) is 0.267. The van der Waals surface area contributed by atoms with Crippen molar-refractivity contribution in [2.45, 2.75) is 5.54 Å². The van der Waals surface area contributed by atoms with Crippen LogP contribution < -0.4 is 5.32 Å². The van der Waals surface area contributed by atoms with Crippen molar-refractivity contribution in [3.63, 3.8) is 0 Å². The molecule has 1 aliphatic rings. The number of hydrogen-bond donors (Lipinski definition) is 1. The van der Waals surface area contributed by atoms with Crippen molar-refractivity contribution >= 4 is 29.3 Å². The summed E-state index contributed by atoms with van der Waals surface area (Å²) in [6.45, 7) is -0.353. The SMILES string of the molecule is O=C(CN1C(=O)NC(c2ccccc2)(c2ccccc2)C1=O)c1ccc(Cl)cc1. The Labute approximate surface area is 172 Å². The van der Waals surface area contributed by atoms with Crippen LogP contribution in [0.5, 0.6) is 0 Å². The first kappa shape index (κ1) is 18.9. The summed E-state index contributed by atoms with van der Waals surface area (Å²) in [5, 5.41) is 3.33. The van der Waals surface area contributed by atoms with Crippen LogP contribution in [0, 0.1) is 0 Å². The highest BCUT2D eigenvalue weighted by Gasteiger charge is 2.53. The molecular weight excluding hydrogens is 388 g/mol. The van der Waals surface area contributed by atoms with Crippen LogP contribution in [-0.4, -0.2) is 29.2 Å². The third kappa shape index (κ3) is 3.30. The van der Waals surface area contributed by atoms with E-state index in [0.717, 1.165) is 4.90 Å². The molecule has 144 valence electrons. The molecule has 1 heterocycles. The van der Waals surface area contributed by atoms with Gasteiger partial charge in [0.25, 0.3) is 5.91 Å². The quantitative estimate of drug-likeness (QED) is 0.516. The van der Waals surface area contributed by atoms with Crippen LogP contribution in [0.1, 0.15) is 21.5 Å². The van der Waals surface area contributed by atoms with Crippen LogP contribution in [0.15, 0.2) is 84.9 Å². The first-order chi connectivity index (χ1) is 14.0. The number of urea groups is 1. The van der Waals surface area contributed by atoms with Gasteiger partial charge in [-0.2, -0.15) is 0 Å². The Bertz CT molecular complexity index is 1030. The van der Waals surface area contributed by atoms with Crippen LogP contribution in [0.4, 0.5) is 4.79 Å². The van der Waals surface area contributed by atoms with E-state index in [4.69, 9.17) is 11.6 Å². The number of Topliss-reactive ketones (excluding diaryl/α,β-unsaturated/α-hetero) is 1. The number of benzene rings is 3. The van der Waals surface area contributed by atoms with Gasteiger partial charge in [0.15, 0.2) is 11.3 Å². The second-order valence-corrected chi connectivity index (χ2v) is 7.17. The minimum atomic E-state index is -1.38. The zero-order valence-electron chi connectivity index (χ0n) is 15.3. The number of carbonyl (C=O) groups excluding carboxylic acids is 3. The molecule has 6 heteroatoms. The monoisotopic (exact) mass is 404 g/mol. The minimum absolute atomic E-state index is 0.345. The van der Waals surface area contributed by atoms with E-state index < -0.39 is 17.5 Å². The summed E-state index contributed by atoms with van der Waals surface area (Å²) >= 11 is 5.87. The smallest absolute Gasteiger partial charge is 0.315 e. The standard InChI is InChI=1S/C23H17ClN2O3/c24-19-13-11-16(12-14-19)20(27)15-26-21(28)23(25-22(26)29,17-7-3-1-4-8-17)18-9-5-2-6-10-18/h1-14H,15H2,(H,25,29). The Morgan fingerprint density at radius 2 is 1.34 bits per heavy atom. The fourth-order valence-electron chi connectivity index (χ4n) is 3.52. The predicted molar refractivity (Wildman–Crippen MR) is 110 cm³/mol. The summed E-state index contributed by atoms with van der Waals surface area (Å²) in [7, 11) is 0. The number of halogens is 1. The molecule has 5 nitrogen and oxygen atoms in total. The molecule has 1 fully saturated rings. The fraction of sp³-hybridized carbons (Fsp3) is 0.0870.